The summed E-state index contributed by atoms with van der Waals surface area (Å²) in [5.41, 5.74) is 0.606. The summed E-state index contributed by atoms with van der Waals surface area (Å²) in [7, 11) is 4.63. The molecule has 1 aromatic heterocycles. The van der Waals surface area contributed by atoms with Crippen LogP contribution in [-0.2, 0) is 4.79 Å². The molecule has 1 aliphatic heterocycles. The maximum absolute atomic E-state index is 12.4. The summed E-state index contributed by atoms with van der Waals surface area (Å²) >= 11 is 0. The molecule has 1 N–H and O–H groups in total. The Labute approximate surface area is 170 Å². The zero-order valence-corrected chi connectivity index (χ0v) is 17.4. The van der Waals surface area contributed by atoms with Crippen LogP contribution in [0.4, 0.5) is 5.69 Å². The molecule has 1 amide bonds. The van der Waals surface area contributed by atoms with Gasteiger partial charge in [0.15, 0.2) is 17.3 Å². The van der Waals surface area contributed by atoms with Crippen molar-refractivity contribution in [3.63, 3.8) is 0 Å². The van der Waals surface area contributed by atoms with E-state index in [9.17, 15) is 4.79 Å². The topological polar surface area (TPSA) is 99.0 Å². The van der Waals surface area contributed by atoms with Gasteiger partial charge >= 0.3 is 0 Å². The van der Waals surface area contributed by atoms with Crippen molar-refractivity contribution < 1.29 is 23.5 Å². The molecule has 9 nitrogen and oxygen atoms in total. The number of carbonyl (C=O) groups is 1. The van der Waals surface area contributed by atoms with E-state index in [2.05, 4.69) is 20.4 Å². The SMILES string of the molecule is COc1cc(NC(=O)CCN2CCC(c3nc(C)no3)CC2)cc(OC)c1OC. The minimum absolute atomic E-state index is 0.0612. The van der Waals surface area contributed by atoms with E-state index in [1.807, 2.05) is 6.92 Å². The molecule has 29 heavy (non-hydrogen) atoms. The van der Waals surface area contributed by atoms with E-state index in [0.29, 0.717) is 47.6 Å². The van der Waals surface area contributed by atoms with E-state index in [4.69, 9.17) is 18.7 Å². The molecule has 0 bridgehead atoms. The molecule has 9 heteroatoms. The second-order valence-electron chi connectivity index (χ2n) is 7.01. The Morgan fingerprint density at radius 1 is 1.17 bits per heavy atom. The van der Waals surface area contributed by atoms with Crippen LogP contribution in [0.1, 0.15) is 36.9 Å². The van der Waals surface area contributed by atoms with E-state index in [0.717, 1.165) is 31.8 Å². The van der Waals surface area contributed by atoms with Crippen LogP contribution in [0, 0.1) is 6.92 Å². The van der Waals surface area contributed by atoms with Gasteiger partial charge in [0.2, 0.25) is 17.5 Å². The minimum Gasteiger partial charge on any atom is -0.493 e. The molecule has 2 aromatic rings. The number of hydrogen-bond acceptors (Lipinski definition) is 8. The van der Waals surface area contributed by atoms with Gasteiger partial charge in [-0.05, 0) is 32.9 Å². The van der Waals surface area contributed by atoms with Crippen molar-refractivity contribution in [2.24, 2.45) is 0 Å². The fraction of sp³-hybridized carbons (Fsp3) is 0.550. The summed E-state index contributed by atoms with van der Waals surface area (Å²) in [6, 6.07) is 3.44. The van der Waals surface area contributed by atoms with E-state index < -0.39 is 0 Å². The Kier molecular flexibility index (Phi) is 6.92. The third-order valence-corrected chi connectivity index (χ3v) is 5.08. The van der Waals surface area contributed by atoms with Crippen molar-refractivity contribution in [1.82, 2.24) is 15.0 Å². The molecule has 0 saturated carbocycles. The van der Waals surface area contributed by atoms with Gasteiger partial charge in [-0.2, -0.15) is 4.98 Å². The van der Waals surface area contributed by atoms with Gasteiger partial charge < -0.3 is 29.0 Å². The van der Waals surface area contributed by atoms with Gasteiger partial charge in [-0.15, -0.1) is 0 Å². The first-order valence-electron chi connectivity index (χ1n) is 9.66. The molecule has 0 aliphatic carbocycles. The Morgan fingerprint density at radius 2 is 1.83 bits per heavy atom. The number of piperidine rings is 1. The van der Waals surface area contributed by atoms with E-state index in [1.54, 1.807) is 33.5 Å². The molecule has 0 spiro atoms. The normalized spacial score (nSPS) is 15.2. The highest BCUT2D eigenvalue weighted by molar-refractivity contribution is 5.91. The number of methoxy groups -OCH3 is 3. The quantitative estimate of drug-likeness (QED) is 0.717. The second kappa shape index (κ2) is 9.60. The lowest BCUT2D eigenvalue weighted by molar-refractivity contribution is -0.116. The third-order valence-electron chi connectivity index (χ3n) is 5.08. The Balaban J connectivity index is 1.49. The number of likely N-dealkylation sites (tertiary alicyclic amines) is 1. The highest BCUT2D eigenvalue weighted by Crippen LogP contribution is 2.40. The standard InChI is InChI=1S/C20H28N4O5/c1-13-21-20(29-23-13)14-5-8-24(9-6-14)10-7-18(25)22-15-11-16(26-2)19(28-4)17(12-15)27-3/h11-12,14H,5-10H2,1-4H3,(H,22,25). The van der Waals surface area contributed by atoms with Crippen LogP contribution in [0.3, 0.4) is 0 Å². The average molecular weight is 404 g/mol. The smallest absolute Gasteiger partial charge is 0.229 e. The average Bonchev–Trinajstić information content (AvgIpc) is 3.18. The van der Waals surface area contributed by atoms with Gasteiger partial charge in [0.1, 0.15) is 0 Å². The van der Waals surface area contributed by atoms with Crippen LogP contribution in [-0.4, -0.2) is 61.9 Å². The molecular weight excluding hydrogens is 376 g/mol. The first-order valence-corrected chi connectivity index (χ1v) is 9.66. The van der Waals surface area contributed by atoms with Gasteiger partial charge in [-0.1, -0.05) is 5.16 Å². The summed E-state index contributed by atoms with van der Waals surface area (Å²) in [5.74, 6) is 3.14. The largest absolute Gasteiger partial charge is 0.493 e. The lowest BCUT2D eigenvalue weighted by Gasteiger charge is -2.30. The summed E-state index contributed by atoms with van der Waals surface area (Å²) in [4.78, 5) is 19.0. The van der Waals surface area contributed by atoms with Crippen LogP contribution < -0.4 is 19.5 Å². The van der Waals surface area contributed by atoms with Gasteiger partial charge in [0.25, 0.3) is 0 Å². The van der Waals surface area contributed by atoms with Crippen molar-refractivity contribution in [1.29, 1.82) is 0 Å². The maximum Gasteiger partial charge on any atom is 0.229 e. The molecule has 0 unspecified atom stereocenters. The van der Waals surface area contributed by atoms with Crippen molar-refractivity contribution >= 4 is 11.6 Å². The Hall–Kier alpha value is -2.81. The van der Waals surface area contributed by atoms with Crippen LogP contribution >= 0.6 is 0 Å². The van der Waals surface area contributed by atoms with Crippen molar-refractivity contribution in [2.45, 2.75) is 32.1 Å². The van der Waals surface area contributed by atoms with Gasteiger partial charge in [0, 0.05) is 36.7 Å². The molecule has 158 valence electrons. The fourth-order valence-electron chi connectivity index (χ4n) is 3.52. The number of carbonyl (C=O) groups excluding carboxylic acids is 1. The summed E-state index contributed by atoms with van der Waals surface area (Å²) in [6.45, 7) is 4.34. The third kappa shape index (κ3) is 5.17. The van der Waals surface area contributed by atoms with Gasteiger partial charge in [-0.25, -0.2) is 0 Å². The number of hydrogen-bond donors (Lipinski definition) is 1. The highest BCUT2D eigenvalue weighted by Gasteiger charge is 2.25. The van der Waals surface area contributed by atoms with Crippen molar-refractivity contribution in [3.05, 3.63) is 23.8 Å². The van der Waals surface area contributed by atoms with Crippen molar-refractivity contribution in [2.75, 3.05) is 46.3 Å². The monoisotopic (exact) mass is 404 g/mol. The number of benzene rings is 1. The number of ether oxygens (including phenoxy) is 3. The second-order valence-corrected chi connectivity index (χ2v) is 7.01. The lowest BCUT2D eigenvalue weighted by Crippen LogP contribution is -2.35. The molecule has 0 radical (unpaired) electrons. The van der Waals surface area contributed by atoms with E-state index >= 15 is 0 Å². The highest BCUT2D eigenvalue weighted by atomic mass is 16.5. The molecule has 0 atom stereocenters. The van der Waals surface area contributed by atoms with Crippen LogP contribution in [0.15, 0.2) is 16.7 Å². The number of aromatic nitrogens is 2. The first kappa shape index (κ1) is 20.9. The van der Waals surface area contributed by atoms with Crippen LogP contribution in [0.25, 0.3) is 0 Å². The molecule has 1 fully saturated rings. The van der Waals surface area contributed by atoms with Crippen LogP contribution in [0.2, 0.25) is 0 Å². The zero-order chi connectivity index (χ0) is 20.8. The van der Waals surface area contributed by atoms with E-state index in [-0.39, 0.29) is 5.91 Å². The molecule has 1 saturated heterocycles. The molecule has 1 aromatic carbocycles. The fourth-order valence-corrected chi connectivity index (χ4v) is 3.52. The number of nitrogens with zero attached hydrogens (tertiary/aromatic N) is 3. The number of aryl methyl sites for hydroxylation is 1. The predicted octanol–water partition coefficient (Wildman–Crippen LogP) is 2.61. The number of amides is 1. The lowest BCUT2D eigenvalue weighted by atomic mass is 9.96. The van der Waals surface area contributed by atoms with Gasteiger partial charge in [0.05, 0.1) is 21.3 Å². The molecular formula is C20H28N4O5. The summed E-state index contributed by atoms with van der Waals surface area (Å²) in [5, 5.41) is 6.77. The summed E-state index contributed by atoms with van der Waals surface area (Å²) in [6.07, 6.45) is 2.31. The first-order chi connectivity index (χ1) is 14.0. The zero-order valence-electron chi connectivity index (χ0n) is 17.4. The molecule has 2 heterocycles. The minimum atomic E-state index is -0.0612. The Morgan fingerprint density at radius 3 is 2.34 bits per heavy atom. The number of rotatable bonds is 8. The number of nitrogens with one attached hydrogen (secondary N) is 1. The molecule has 1 aliphatic rings. The Bertz CT molecular complexity index is 805. The van der Waals surface area contributed by atoms with Crippen molar-refractivity contribution in [3.8, 4) is 17.2 Å². The maximum atomic E-state index is 12.4. The van der Waals surface area contributed by atoms with E-state index in [1.165, 1.54) is 0 Å². The predicted molar refractivity (Wildman–Crippen MR) is 107 cm³/mol. The summed E-state index contributed by atoms with van der Waals surface area (Å²) < 4.78 is 21.2. The van der Waals surface area contributed by atoms with Gasteiger partial charge in [-0.3, -0.25) is 4.79 Å². The molecule has 3 rings (SSSR count). The number of anilines is 1. The van der Waals surface area contributed by atoms with Crippen LogP contribution in [0.5, 0.6) is 17.2 Å².